The Balaban J connectivity index is 2.10. The smallest absolute Gasteiger partial charge is 0.239 e. The molecule has 0 aliphatic carbocycles. The predicted molar refractivity (Wildman–Crippen MR) is 102 cm³/mol. The second-order valence-electron chi connectivity index (χ2n) is 6.35. The van der Waals surface area contributed by atoms with Crippen LogP contribution in [0.5, 0.6) is 0 Å². The van der Waals surface area contributed by atoms with Gasteiger partial charge in [0.05, 0.1) is 10.7 Å². The SMILES string of the molecule is CN(Cc1ccccc1)C(=O)C(C)(C)C(=O)Nc1ccc(Cl)cc1Cl. The standard InChI is InChI=1S/C19H20Cl2N2O2/c1-19(2,17(24)22-16-10-9-14(20)11-15(16)21)18(25)23(3)12-13-7-5-4-6-8-13/h4-11H,12H2,1-3H3,(H,22,24). The van der Waals surface area contributed by atoms with E-state index in [1.807, 2.05) is 30.3 Å². The first-order valence-corrected chi connectivity index (χ1v) is 8.53. The number of carbonyl (C=O) groups excluding carboxylic acids is 2. The summed E-state index contributed by atoms with van der Waals surface area (Å²) in [6.07, 6.45) is 0. The summed E-state index contributed by atoms with van der Waals surface area (Å²) in [6.45, 7) is 3.62. The van der Waals surface area contributed by atoms with Gasteiger partial charge in [0.2, 0.25) is 11.8 Å². The van der Waals surface area contributed by atoms with E-state index in [1.165, 1.54) is 6.07 Å². The van der Waals surface area contributed by atoms with Crippen molar-refractivity contribution in [2.24, 2.45) is 5.41 Å². The molecule has 6 heteroatoms. The number of hydrogen-bond donors (Lipinski definition) is 1. The number of halogens is 2. The molecule has 0 bridgehead atoms. The molecule has 0 fully saturated rings. The van der Waals surface area contributed by atoms with Gasteiger partial charge in [-0.15, -0.1) is 0 Å². The lowest BCUT2D eigenvalue weighted by Gasteiger charge is -2.28. The van der Waals surface area contributed by atoms with Gasteiger partial charge < -0.3 is 10.2 Å². The maximum Gasteiger partial charge on any atom is 0.239 e. The number of hydrogen-bond acceptors (Lipinski definition) is 2. The Labute approximate surface area is 157 Å². The highest BCUT2D eigenvalue weighted by Gasteiger charge is 2.38. The molecule has 2 amide bonds. The van der Waals surface area contributed by atoms with Crippen molar-refractivity contribution >= 4 is 40.7 Å². The lowest BCUT2D eigenvalue weighted by atomic mass is 9.90. The highest BCUT2D eigenvalue weighted by atomic mass is 35.5. The summed E-state index contributed by atoms with van der Waals surface area (Å²) in [5.74, 6) is -0.708. The molecule has 4 nitrogen and oxygen atoms in total. The van der Waals surface area contributed by atoms with Crippen LogP contribution >= 0.6 is 23.2 Å². The van der Waals surface area contributed by atoms with E-state index in [2.05, 4.69) is 5.32 Å². The van der Waals surface area contributed by atoms with Gasteiger partial charge >= 0.3 is 0 Å². The molecule has 0 heterocycles. The second-order valence-corrected chi connectivity index (χ2v) is 7.19. The van der Waals surface area contributed by atoms with Crippen molar-refractivity contribution in [3.8, 4) is 0 Å². The van der Waals surface area contributed by atoms with Crippen LogP contribution in [0.3, 0.4) is 0 Å². The van der Waals surface area contributed by atoms with Crippen LogP contribution in [-0.4, -0.2) is 23.8 Å². The minimum absolute atomic E-state index is 0.279. The van der Waals surface area contributed by atoms with Gasteiger partial charge in [-0.05, 0) is 37.6 Å². The maximum absolute atomic E-state index is 12.8. The number of rotatable bonds is 5. The minimum atomic E-state index is -1.24. The van der Waals surface area contributed by atoms with Crippen LogP contribution in [0.25, 0.3) is 0 Å². The summed E-state index contributed by atoms with van der Waals surface area (Å²) in [6, 6.07) is 14.4. The van der Waals surface area contributed by atoms with E-state index in [9.17, 15) is 9.59 Å². The molecule has 0 saturated carbocycles. The Morgan fingerprint density at radius 2 is 1.72 bits per heavy atom. The van der Waals surface area contributed by atoms with Crippen LogP contribution in [-0.2, 0) is 16.1 Å². The molecular weight excluding hydrogens is 359 g/mol. The van der Waals surface area contributed by atoms with Gasteiger partial charge in [-0.1, -0.05) is 53.5 Å². The van der Waals surface area contributed by atoms with E-state index in [0.29, 0.717) is 22.3 Å². The van der Waals surface area contributed by atoms with Gasteiger partial charge in [-0.3, -0.25) is 9.59 Å². The van der Waals surface area contributed by atoms with Gasteiger partial charge in [-0.25, -0.2) is 0 Å². The molecule has 0 saturated heterocycles. The van der Waals surface area contributed by atoms with E-state index in [0.717, 1.165) is 5.56 Å². The van der Waals surface area contributed by atoms with Crippen LogP contribution in [0.4, 0.5) is 5.69 Å². The molecule has 0 unspecified atom stereocenters. The first-order chi connectivity index (χ1) is 11.7. The molecule has 2 aromatic carbocycles. The maximum atomic E-state index is 12.8. The number of nitrogens with one attached hydrogen (secondary N) is 1. The molecule has 0 radical (unpaired) electrons. The van der Waals surface area contributed by atoms with Gasteiger partial charge in [0.25, 0.3) is 0 Å². The predicted octanol–water partition coefficient (Wildman–Crippen LogP) is 4.62. The summed E-state index contributed by atoms with van der Waals surface area (Å²) in [4.78, 5) is 26.9. The van der Waals surface area contributed by atoms with Crippen molar-refractivity contribution in [1.82, 2.24) is 4.90 Å². The Morgan fingerprint density at radius 3 is 2.32 bits per heavy atom. The normalized spacial score (nSPS) is 11.1. The van der Waals surface area contributed by atoms with Crippen molar-refractivity contribution < 1.29 is 9.59 Å². The van der Waals surface area contributed by atoms with Crippen LogP contribution in [0, 0.1) is 5.41 Å². The minimum Gasteiger partial charge on any atom is -0.341 e. The van der Waals surface area contributed by atoms with E-state index < -0.39 is 11.3 Å². The molecule has 0 aliphatic heterocycles. The van der Waals surface area contributed by atoms with Crippen molar-refractivity contribution in [1.29, 1.82) is 0 Å². The Morgan fingerprint density at radius 1 is 1.08 bits per heavy atom. The van der Waals surface area contributed by atoms with Gasteiger partial charge in [-0.2, -0.15) is 0 Å². The zero-order valence-electron chi connectivity index (χ0n) is 14.3. The van der Waals surface area contributed by atoms with Crippen molar-refractivity contribution in [2.45, 2.75) is 20.4 Å². The molecular formula is C19H20Cl2N2O2. The first kappa shape index (κ1) is 19.3. The fourth-order valence-corrected chi connectivity index (χ4v) is 2.83. The monoisotopic (exact) mass is 378 g/mol. The Kier molecular flexibility index (Phi) is 6.09. The molecule has 2 aromatic rings. The first-order valence-electron chi connectivity index (χ1n) is 7.78. The summed E-state index contributed by atoms with van der Waals surface area (Å²) in [7, 11) is 1.68. The largest absolute Gasteiger partial charge is 0.341 e. The summed E-state index contributed by atoms with van der Waals surface area (Å²) >= 11 is 11.9. The summed E-state index contributed by atoms with van der Waals surface area (Å²) < 4.78 is 0. The second kappa shape index (κ2) is 7.89. The molecule has 25 heavy (non-hydrogen) atoms. The third-order valence-electron chi connectivity index (χ3n) is 3.89. The highest BCUT2D eigenvalue weighted by molar-refractivity contribution is 6.36. The van der Waals surface area contributed by atoms with Gasteiger partial charge in [0, 0.05) is 18.6 Å². The average molecular weight is 379 g/mol. The number of anilines is 1. The zero-order valence-corrected chi connectivity index (χ0v) is 15.9. The van der Waals surface area contributed by atoms with Gasteiger partial charge in [0.1, 0.15) is 5.41 Å². The van der Waals surface area contributed by atoms with E-state index >= 15 is 0 Å². The fraction of sp³-hybridized carbons (Fsp3) is 0.263. The average Bonchev–Trinajstić information content (AvgIpc) is 2.57. The van der Waals surface area contributed by atoms with Crippen LogP contribution in [0.1, 0.15) is 19.4 Å². The molecule has 1 N–H and O–H groups in total. The van der Waals surface area contributed by atoms with Crippen LogP contribution in [0.2, 0.25) is 10.0 Å². The van der Waals surface area contributed by atoms with Crippen molar-refractivity contribution in [2.75, 3.05) is 12.4 Å². The lowest BCUT2D eigenvalue weighted by Crippen LogP contribution is -2.45. The third kappa shape index (κ3) is 4.74. The number of amides is 2. The number of nitrogens with zero attached hydrogens (tertiary/aromatic N) is 1. The van der Waals surface area contributed by atoms with Gasteiger partial charge in [0.15, 0.2) is 0 Å². The van der Waals surface area contributed by atoms with Crippen molar-refractivity contribution in [3.05, 3.63) is 64.1 Å². The lowest BCUT2D eigenvalue weighted by molar-refractivity contribution is -0.145. The van der Waals surface area contributed by atoms with Crippen LogP contribution in [0.15, 0.2) is 48.5 Å². The van der Waals surface area contributed by atoms with E-state index in [-0.39, 0.29) is 5.91 Å². The fourth-order valence-electron chi connectivity index (χ4n) is 2.37. The van der Waals surface area contributed by atoms with E-state index in [4.69, 9.17) is 23.2 Å². The summed E-state index contributed by atoms with van der Waals surface area (Å²) in [5, 5.41) is 3.49. The quantitative estimate of drug-likeness (QED) is 0.771. The highest BCUT2D eigenvalue weighted by Crippen LogP contribution is 2.28. The molecule has 0 spiro atoms. The molecule has 132 valence electrons. The molecule has 0 aromatic heterocycles. The molecule has 2 rings (SSSR count). The zero-order chi connectivity index (χ0) is 18.6. The Bertz CT molecular complexity index is 776. The number of carbonyl (C=O) groups is 2. The molecule has 0 aliphatic rings. The third-order valence-corrected chi connectivity index (χ3v) is 4.44. The number of benzene rings is 2. The Hall–Kier alpha value is -2.04. The van der Waals surface area contributed by atoms with Crippen molar-refractivity contribution in [3.63, 3.8) is 0 Å². The topological polar surface area (TPSA) is 49.4 Å². The summed E-state index contributed by atoms with van der Waals surface area (Å²) in [5.41, 5.74) is 0.171. The molecule has 0 atom stereocenters. The van der Waals surface area contributed by atoms with Crippen LogP contribution < -0.4 is 5.32 Å². The van der Waals surface area contributed by atoms with E-state index in [1.54, 1.807) is 37.9 Å².